The van der Waals surface area contributed by atoms with Crippen LogP contribution in [-0.2, 0) is 59.1 Å². The van der Waals surface area contributed by atoms with Crippen LogP contribution in [0.5, 0.6) is 51.7 Å². The van der Waals surface area contributed by atoms with Crippen LogP contribution in [0.2, 0.25) is 10.0 Å². The van der Waals surface area contributed by atoms with E-state index in [1.54, 1.807) is 13.8 Å². The van der Waals surface area contributed by atoms with Gasteiger partial charge in [-0.1, -0.05) is 100.0 Å². The SMILES string of the molecule is CCCCCCCOc1ccc(CN[C@@]2(C)C[C@H](O[C@@H]3c4ccc(c(Cl)c4)Oc4cc5cc(c4O[C@@H]4O[C@H](CO)[C@@H](O)[C@H](O)[C@H]4O)Oc4ccc(cc4Cl)[C@@H](O)[C@@H](NC(=O)[C@@H](CC(C)C)NC)C(=O)N[C@@H](CC(N)=O)C(=O)N[C@H]5C(=O)NC4C(=O)NC3C(=O)N[C@@H](C(=O)O)c3cc(O)cc(O)c3-c3cc4ccc3O)O[C@@H](C)[C@@H]2O)cc1. The van der Waals surface area contributed by atoms with E-state index in [2.05, 4.69) is 49.5 Å². The Balaban J connectivity index is 1.12. The summed E-state index contributed by atoms with van der Waals surface area (Å²) in [6.07, 6.45) is -13.7. The zero-order valence-corrected chi connectivity index (χ0v) is 65.4. The van der Waals surface area contributed by atoms with E-state index in [4.69, 9.17) is 62.1 Å². The summed E-state index contributed by atoms with van der Waals surface area (Å²) in [7, 11) is 1.48. The number of aromatic hydroxyl groups is 3. The molecule has 20 N–H and O–H groups in total. The number of unbranched alkanes of at least 4 members (excludes halogenated alkanes) is 4. The number of likely N-dealkylation sites (N-methyl/N-ethyl adjacent to an activating group) is 1. The molecular weight excluding hydrogens is 1560 g/mol. The van der Waals surface area contributed by atoms with Gasteiger partial charge < -0.3 is 132 Å². The number of primary amides is 1. The maximum atomic E-state index is 16.3. The first-order valence-corrected chi connectivity index (χ1v) is 38.6. The van der Waals surface area contributed by atoms with Crippen molar-refractivity contribution in [1.29, 1.82) is 0 Å². The Labute approximate surface area is 675 Å². The van der Waals surface area contributed by atoms with Crippen LogP contribution < -0.4 is 67.2 Å². The number of phenols is 3. The third kappa shape index (κ3) is 19.7. The maximum absolute atomic E-state index is 16.3. The van der Waals surface area contributed by atoms with Gasteiger partial charge in [0.15, 0.2) is 23.8 Å². The highest BCUT2D eigenvalue weighted by molar-refractivity contribution is 6.32. The fourth-order valence-corrected chi connectivity index (χ4v) is 15.0. The summed E-state index contributed by atoms with van der Waals surface area (Å²) < 4.78 is 44.9. The monoisotopic (exact) mass is 1650 g/mol. The number of phenolic OH excluding ortho intramolecular Hbond substituents is 3. The molecule has 0 saturated carbocycles. The summed E-state index contributed by atoms with van der Waals surface area (Å²) in [6.45, 7) is 8.74. The fraction of sp³-hybridized carbons (Fsp3) is 0.450. The second-order valence-electron chi connectivity index (χ2n) is 29.9. The van der Waals surface area contributed by atoms with Gasteiger partial charge >= 0.3 is 5.97 Å². The van der Waals surface area contributed by atoms with Crippen molar-refractivity contribution in [2.45, 2.75) is 202 Å². The van der Waals surface area contributed by atoms with E-state index >= 15 is 19.2 Å². The number of rotatable bonds is 23. The number of ether oxygens (including phenoxy) is 7. The molecule has 2 fully saturated rings. The molecule has 116 heavy (non-hydrogen) atoms. The predicted octanol–water partition coefficient (Wildman–Crippen LogP) is 4.29. The van der Waals surface area contributed by atoms with Gasteiger partial charge in [0.1, 0.15) is 101 Å². The number of halogens is 2. The van der Waals surface area contributed by atoms with Gasteiger partial charge in [-0.05, 0) is 134 Å². The molecule has 2 unspecified atom stereocenters. The molecule has 34 nitrogen and oxygen atoms in total. The third-order valence-electron chi connectivity index (χ3n) is 20.9. The molecule has 0 spiro atoms. The van der Waals surface area contributed by atoms with Crippen LogP contribution in [0, 0.1) is 5.92 Å². The first-order valence-electron chi connectivity index (χ1n) is 37.8. The second kappa shape index (κ2) is 37.4. The van der Waals surface area contributed by atoms with Gasteiger partial charge in [0.25, 0.3) is 0 Å². The molecule has 7 aliphatic rings. The quantitative estimate of drug-likeness (QED) is 0.0398. The summed E-state index contributed by atoms with van der Waals surface area (Å²) in [4.78, 5) is 120. The Morgan fingerprint density at radius 3 is 1.97 bits per heavy atom. The molecule has 7 aliphatic heterocycles. The Bertz CT molecular complexity index is 4640. The topological polar surface area (TPSA) is 526 Å². The molecule has 7 amide bonds. The zero-order valence-electron chi connectivity index (χ0n) is 63.9. The normalized spacial score (nSPS) is 27.1. The Hall–Kier alpha value is -10.2. The van der Waals surface area contributed by atoms with Gasteiger partial charge in [0, 0.05) is 41.3 Å². The summed E-state index contributed by atoms with van der Waals surface area (Å²) in [5.41, 5.74) is 2.56. The maximum Gasteiger partial charge on any atom is 0.330 e. The number of fused-ring (bicyclic) bond motifs is 15. The number of nitrogens with two attached hydrogens (primary N) is 1. The lowest BCUT2D eigenvalue weighted by Gasteiger charge is -2.47. The van der Waals surface area contributed by atoms with E-state index in [1.807, 2.05) is 38.1 Å². The van der Waals surface area contributed by atoms with E-state index in [1.165, 1.54) is 37.4 Å². The number of aliphatic carboxylic acids is 1. The molecular formula is C80H95Cl2N9O25. The van der Waals surface area contributed by atoms with Crippen molar-refractivity contribution in [1.82, 2.24) is 42.5 Å². The van der Waals surface area contributed by atoms with E-state index in [0.717, 1.165) is 86.2 Å². The summed E-state index contributed by atoms with van der Waals surface area (Å²) >= 11 is 14.4. The number of hydrogen-bond acceptors (Lipinski definition) is 26. The second-order valence-corrected chi connectivity index (χ2v) is 30.7. The van der Waals surface area contributed by atoms with Gasteiger partial charge in [-0.15, -0.1) is 0 Å². The van der Waals surface area contributed by atoms with Crippen molar-refractivity contribution in [3.63, 3.8) is 0 Å². The molecule has 624 valence electrons. The number of carbonyl (C=O) groups excluding carboxylic acids is 7. The van der Waals surface area contributed by atoms with Crippen molar-refractivity contribution >= 4 is 70.5 Å². The van der Waals surface area contributed by atoms with Gasteiger partial charge in [0.2, 0.25) is 53.4 Å². The highest BCUT2D eigenvalue weighted by atomic mass is 35.5. The Morgan fingerprint density at radius 1 is 0.690 bits per heavy atom. The molecule has 36 heteroatoms. The van der Waals surface area contributed by atoms with Crippen LogP contribution in [-0.4, -0.2) is 198 Å². The van der Waals surface area contributed by atoms with Gasteiger partial charge in [0.05, 0.1) is 47.9 Å². The summed E-state index contributed by atoms with van der Waals surface area (Å²) in [6, 6.07) is 7.10. The smallest absolute Gasteiger partial charge is 0.330 e. The van der Waals surface area contributed by atoms with Crippen molar-refractivity contribution in [3.05, 3.63) is 147 Å². The van der Waals surface area contributed by atoms with Crippen LogP contribution >= 0.6 is 23.2 Å². The average Bonchev–Trinajstić information content (AvgIpc) is 0.764. The highest BCUT2D eigenvalue weighted by Gasteiger charge is 2.50. The number of nitrogens with one attached hydrogen (secondary N) is 8. The van der Waals surface area contributed by atoms with Gasteiger partial charge in [-0.2, -0.15) is 0 Å². The van der Waals surface area contributed by atoms with Crippen LogP contribution in [0.3, 0.4) is 0 Å². The van der Waals surface area contributed by atoms with Crippen molar-refractivity contribution < 1.29 is 123 Å². The van der Waals surface area contributed by atoms with Gasteiger partial charge in [-0.3, -0.25) is 33.6 Å². The minimum Gasteiger partial charge on any atom is -0.508 e. The molecule has 11 bridgehead atoms. The predicted molar refractivity (Wildman–Crippen MR) is 413 cm³/mol. The van der Waals surface area contributed by atoms with Crippen LogP contribution in [0.15, 0.2) is 103 Å². The van der Waals surface area contributed by atoms with Crippen LogP contribution in [0.25, 0.3) is 11.1 Å². The molecule has 18 atom stereocenters. The Morgan fingerprint density at radius 2 is 1.33 bits per heavy atom. The van der Waals surface area contributed by atoms with E-state index in [9.17, 15) is 70.2 Å². The molecule has 7 heterocycles. The number of aliphatic hydroxyl groups is 6. The lowest BCUT2D eigenvalue weighted by molar-refractivity contribution is -0.277. The van der Waals surface area contributed by atoms with Crippen LogP contribution in [0.4, 0.5) is 0 Å². The standard InChI is InChI=1S/C80H95Cl2N9O25/c1-7-8-9-10-11-22-110-43-17-12-37(13-18-43)33-85-80(5)32-58(111-36(4)71(80)101)115-69-40-16-21-53(47(82)26-40)113-55-28-41-27-54(70(55)116-79-68(100)67(99)66(98)56(34-92)114-79)112-52-20-15-39(25-46(52)81)65(97)63(90-72(102)48(84-6)23-35(2)3)76(106)86-49(31-57(83)96)73(103)87-61(41)75(105)88-60-38-14-19-50(94)44(24-38)59-45(29-42(93)30-51(59)95)62(78(108)109)89-77(107)64(69)91-74(60)104/h12-21,24-30,35-36,48-49,56,58,60-69,71,79,84-85,92-95,97-101H,7-11,22-23,31-34H2,1-6H3,(H2,83,96)(H,86,106)(H,87,103)(H,88,105)(H,89,107)(H,90,102)(H,91,104)(H,108,109)/t36-,48+,49-,56+,58-,60?,61+,62+,63+,64?,65+,66+,67-,68+,69+,71-,79-,80-/m0/s1. The number of hydrogen-bond donors (Lipinski definition) is 19. The minimum absolute atomic E-state index is 0.101. The van der Waals surface area contributed by atoms with Gasteiger partial charge in [-0.25, -0.2) is 4.79 Å². The van der Waals surface area contributed by atoms with Crippen molar-refractivity contribution in [2.24, 2.45) is 11.7 Å². The highest BCUT2D eigenvalue weighted by Crippen LogP contribution is 2.50. The summed E-state index contributed by atoms with van der Waals surface area (Å²) in [5, 5.41) is 135. The molecule has 0 radical (unpaired) electrons. The first-order chi connectivity index (χ1) is 55.2. The number of amides is 7. The number of aliphatic hydroxyl groups excluding tert-OH is 6. The fourth-order valence-electron chi connectivity index (χ4n) is 14.5. The first kappa shape index (κ1) is 86.7. The average molecular weight is 1650 g/mol. The number of carboxylic acids is 1. The third-order valence-corrected chi connectivity index (χ3v) is 21.4. The Kier molecular flexibility index (Phi) is 27.9. The number of carboxylic acid groups (broad SMARTS) is 1. The summed E-state index contributed by atoms with van der Waals surface area (Å²) in [5.74, 6) is -15.3. The number of carbonyl (C=O) groups is 8. The molecule has 6 aromatic rings. The lowest BCUT2D eigenvalue weighted by Crippen LogP contribution is -2.63. The molecule has 2 saturated heterocycles. The molecule has 13 rings (SSSR count). The van der Waals surface area contributed by atoms with E-state index in [0.29, 0.717) is 12.4 Å². The minimum atomic E-state index is -2.36. The van der Waals surface area contributed by atoms with Crippen LogP contribution in [0.1, 0.15) is 150 Å². The van der Waals surface area contributed by atoms with Crippen molar-refractivity contribution in [3.8, 4) is 62.9 Å². The van der Waals surface area contributed by atoms with E-state index < -0.39 is 231 Å². The molecule has 0 aliphatic carbocycles. The van der Waals surface area contributed by atoms with E-state index in [-0.39, 0.29) is 58.5 Å². The largest absolute Gasteiger partial charge is 0.508 e. The lowest BCUT2D eigenvalue weighted by atomic mass is 9.84. The zero-order chi connectivity index (χ0) is 83.9. The molecule has 6 aromatic carbocycles. The van der Waals surface area contributed by atoms with Crippen molar-refractivity contribution in [2.75, 3.05) is 20.3 Å². The number of benzene rings is 6. The molecule has 0 aromatic heterocycles.